The van der Waals surface area contributed by atoms with Crippen molar-refractivity contribution in [2.45, 2.75) is 50.0 Å². The second kappa shape index (κ2) is 12.2. The number of benzene rings is 4. The zero-order valence-electron chi connectivity index (χ0n) is 24.1. The van der Waals surface area contributed by atoms with Gasteiger partial charge in [-0.15, -0.1) is 0 Å². The molecule has 0 spiro atoms. The third-order valence-corrected chi connectivity index (χ3v) is 15.1. The minimum atomic E-state index is -2.23. The van der Waals surface area contributed by atoms with Crippen LogP contribution >= 0.6 is 0 Å². The van der Waals surface area contributed by atoms with Crippen molar-refractivity contribution in [3.05, 3.63) is 153 Å². The van der Waals surface area contributed by atoms with E-state index in [4.69, 9.17) is 0 Å². The first-order chi connectivity index (χ1) is 18.4. The summed E-state index contributed by atoms with van der Waals surface area (Å²) in [5, 5.41) is 0. The van der Waals surface area contributed by atoms with E-state index in [2.05, 4.69) is 139 Å². The molecular formula is C37H36Cl2Ti. The largest absolute Gasteiger partial charge is 1.00 e. The van der Waals surface area contributed by atoms with E-state index in [1.807, 2.05) is 0 Å². The van der Waals surface area contributed by atoms with E-state index < -0.39 is 17.4 Å². The van der Waals surface area contributed by atoms with E-state index in [9.17, 15) is 0 Å². The number of halogens is 2. The first-order valence-corrected chi connectivity index (χ1v) is 16.4. The summed E-state index contributed by atoms with van der Waals surface area (Å²) in [4.78, 5) is 0. The Hall–Kier alpha value is -2.48. The molecule has 0 saturated heterocycles. The molecule has 0 N–H and O–H groups in total. The van der Waals surface area contributed by atoms with E-state index in [1.54, 1.807) is 26.1 Å². The van der Waals surface area contributed by atoms with Crippen LogP contribution in [0.25, 0.3) is 11.1 Å². The minimum absolute atomic E-state index is 0. The number of hydrogen-bond acceptors (Lipinski definition) is 0. The summed E-state index contributed by atoms with van der Waals surface area (Å²) >= 11 is -2.23. The fraction of sp³-hybridized carbons (Fsp3) is 0.216. The second-order valence-electron chi connectivity index (χ2n) is 11.1. The topological polar surface area (TPSA) is 0 Å². The molecule has 0 radical (unpaired) electrons. The average molecular weight is 599 g/mol. The van der Waals surface area contributed by atoms with Gasteiger partial charge in [0.2, 0.25) is 0 Å². The molecule has 0 amide bonds. The molecule has 202 valence electrons. The van der Waals surface area contributed by atoms with Crippen LogP contribution in [0.3, 0.4) is 0 Å². The SMILES string of the molecule is CC1=C(C)[CH]([Ti+2](=[C](c2ccccc2)c2ccccc2)[CH]2C(C)=C(C)c3c(C)cccc32)c2cccc(C)c21.[Cl-].[Cl-]. The van der Waals surface area contributed by atoms with Gasteiger partial charge < -0.3 is 24.8 Å². The van der Waals surface area contributed by atoms with Crippen molar-refractivity contribution in [3.63, 3.8) is 0 Å². The van der Waals surface area contributed by atoms with Gasteiger partial charge in [-0.3, -0.25) is 0 Å². The molecule has 0 aromatic heterocycles. The Morgan fingerprint density at radius 2 is 0.850 bits per heavy atom. The third kappa shape index (κ3) is 4.84. The Labute approximate surface area is 258 Å². The molecule has 0 saturated carbocycles. The first-order valence-electron chi connectivity index (χ1n) is 13.8. The van der Waals surface area contributed by atoms with Crippen molar-refractivity contribution in [2.24, 2.45) is 0 Å². The zero-order chi connectivity index (χ0) is 26.6. The Morgan fingerprint density at radius 1 is 0.475 bits per heavy atom. The van der Waals surface area contributed by atoms with Crippen LogP contribution in [0, 0.1) is 13.8 Å². The normalized spacial score (nSPS) is 16.9. The van der Waals surface area contributed by atoms with Gasteiger partial charge in [-0.2, -0.15) is 0 Å². The standard InChI is InChI=1S/C13H10.2C12H13.2ClH.Ti/c1-3-7-12(8-4-1)11-13-9-5-2-6-10-13;2*1-8-5-4-6-11-7-9(2)10(3)12(8)11;;;/h1-10H;2*4-7H,1-3H3;2*1H;/q;;;;;+2/p-2. The molecule has 4 aromatic rings. The molecule has 0 nitrogen and oxygen atoms in total. The summed E-state index contributed by atoms with van der Waals surface area (Å²) in [6, 6.07) is 36.6. The second-order valence-corrected chi connectivity index (χ2v) is 15.1. The van der Waals surface area contributed by atoms with E-state index in [-0.39, 0.29) is 24.8 Å². The molecule has 0 bridgehead atoms. The fourth-order valence-corrected chi connectivity index (χ4v) is 14.1. The molecule has 2 aliphatic rings. The Bertz CT molecular complexity index is 1540. The van der Waals surface area contributed by atoms with E-state index in [1.165, 1.54) is 44.5 Å². The van der Waals surface area contributed by atoms with Gasteiger partial charge >= 0.3 is 235 Å². The van der Waals surface area contributed by atoms with Gasteiger partial charge in [-0.05, 0) is 0 Å². The summed E-state index contributed by atoms with van der Waals surface area (Å²) in [6.07, 6.45) is 0. The van der Waals surface area contributed by atoms with Crippen LogP contribution in [0.1, 0.15) is 80.6 Å². The molecular weight excluding hydrogens is 563 g/mol. The molecule has 0 fully saturated rings. The summed E-state index contributed by atoms with van der Waals surface area (Å²) in [5.74, 6) is 0. The van der Waals surface area contributed by atoms with Gasteiger partial charge in [0.1, 0.15) is 0 Å². The van der Waals surface area contributed by atoms with E-state index in [0.717, 1.165) is 0 Å². The van der Waals surface area contributed by atoms with Gasteiger partial charge in [0.05, 0.1) is 0 Å². The summed E-state index contributed by atoms with van der Waals surface area (Å²) in [7, 11) is 0. The average Bonchev–Trinajstić information content (AvgIpc) is 3.34. The summed E-state index contributed by atoms with van der Waals surface area (Å²) < 4.78 is 2.56. The first kappa shape index (κ1) is 30.5. The van der Waals surface area contributed by atoms with E-state index >= 15 is 0 Å². The third-order valence-electron chi connectivity index (χ3n) is 9.07. The molecule has 3 heteroatoms. The van der Waals surface area contributed by atoms with Crippen LogP contribution in [0.2, 0.25) is 0 Å². The van der Waals surface area contributed by atoms with E-state index in [0.29, 0.717) is 8.45 Å². The molecule has 40 heavy (non-hydrogen) atoms. The zero-order valence-corrected chi connectivity index (χ0v) is 27.2. The molecule has 0 aliphatic heterocycles. The number of hydrogen-bond donors (Lipinski definition) is 0. The Kier molecular flexibility index (Phi) is 9.28. The maximum Gasteiger partial charge on any atom is -1.00 e. The Morgan fingerprint density at radius 3 is 1.23 bits per heavy atom. The van der Waals surface area contributed by atoms with Crippen LogP contribution in [0.15, 0.2) is 108 Å². The van der Waals surface area contributed by atoms with Crippen molar-refractivity contribution in [2.75, 3.05) is 0 Å². The monoisotopic (exact) mass is 598 g/mol. The van der Waals surface area contributed by atoms with Gasteiger partial charge in [0, 0.05) is 0 Å². The number of allylic oxidation sites excluding steroid dienone is 4. The van der Waals surface area contributed by atoms with Crippen LogP contribution in [0.4, 0.5) is 0 Å². The van der Waals surface area contributed by atoms with Crippen molar-refractivity contribution >= 4 is 15.0 Å². The predicted molar refractivity (Wildman–Crippen MR) is 160 cm³/mol. The minimum Gasteiger partial charge on any atom is -1.00 e. The predicted octanol–water partition coefficient (Wildman–Crippen LogP) is 3.60. The van der Waals surface area contributed by atoms with Gasteiger partial charge in [0.15, 0.2) is 0 Å². The molecule has 2 atom stereocenters. The smallest absolute Gasteiger partial charge is 1.00 e. The van der Waals surface area contributed by atoms with Crippen molar-refractivity contribution in [1.29, 1.82) is 0 Å². The van der Waals surface area contributed by atoms with Gasteiger partial charge in [-0.25, -0.2) is 0 Å². The van der Waals surface area contributed by atoms with Gasteiger partial charge in [-0.1, -0.05) is 0 Å². The van der Waals surface area contributed by atoms with Crippen molar-refractivity contribution in [1.82, 2.24) is 0 Å². The Balaban J connectivity index is 0.00000185. The van der Waals surface area contributed by atoms with Crippen LogP contribution < -0.4 is 24.8 Å². The summed E-state index contributed by atoms with van der Waals surface area (Å²) in [6.45, 7) is 14.2. The fourth-order valence-electron chi connectivity index (χ4n) is 7.15. The molecule has 6 rings (SSSR count). The quantitative estimate of drug-likeness (QED) is 0.315. The molecule has 4 aromatic carbocycles. The molecule has 0 heterocycles. The number of aryl methyl sites for hydroxylation is 2. The maximum absolute atomic E-state index is 2.44. The number of fused-ring (bicyclic) bond motifs is 2. The van der Waals surface area contributed by atoms with Crippen molar-refractivity contribution in [3.8, 4) is 0 Å². The summed E-state index contributed by atoms with van der Waals surface area (Å²) in [5.41, 5.74) is 17.9. The van der Waals surface area contributed by atoms with Crippen LogP contribution in [-0.2, 0) is 17.4 Å². The molecule has 2 unspecified atom stereocenters. The van der Waals surface area contributed by atoms with Gasteiger partial charge in [0.25, 0.3) is 0 Å². The van der Waals surface area contributed by atoms with Crippen LogP contribution in [-0.4, -0.2) is 3.81 Å². The van der Waals surface area contributed by atoms with Crippen molar-refractivity contribution < 1.29 is 42.2 Å². The van der Waals surface area contributed by atoms with Crippen LogP contribution in [0.5, 0.6) is 0 Å². The molecule has 2 aliphatic carbocycles. The maximum atomic E-state index is 2.44. The number of rotatable bonds is 4.